The fourth-order valence-corrected chi connectivity index (χ4v) is 4.99. The second kappa shape index (κ2) is 6.60. The first-order valence-electron chi connectivity index (χ1n) is 6.94. The van der Waals surface area contributed by atoms with Gasteiger partial charge in [0.25, 0.3) is 0 Å². The Morgan fingerprint density at radius 1 is 1.40 bits per heavy atom. The molecule has 2 atom stereocenters. The Morgan fingerprint density at radius 3 is 2.75 bits per heavy atom. The van der Waals surface area contributed by atoms with E-state index in [0.29, 0.717) is 11.7 Å². The molecule has 2 rings (SSSR count). The molecule has 0 amide bonds. The Balaban J connectivity index is 2.19. The summed E-state index contributed by atoms with van der Waals surface area (Å²) in [5.41, 5.74) is 5.47. The third kappa shape index (κ3) is 3.63. The molecular formula is C13H21BrN2O3S. The van der Waals surface area contributed by atoms with Crippen molar-refractivity contribution in [3.05, 3.63) is 16.5 Å². The van der Waals surface area contributed by atoms with E-state index in [4.69, 9.17) is 10.2 Å². The van der Waals surface area contributed by atoms with Gasteiger partial charge in [0.1, 0.15) is 10.7 Å². The molecular weight excluding hydrogens is 344 g/mol. The van der Waals surface area contributed by atoms with Crippen LogP contribution in [-0.4, -0.2) is 14.5 Å². The SMILES string of the molecule is CC1CCCCCC1NS(=O)(=O)c1cc(CN)oc1Br. The van der Waals surface area contributed by atoms with E-state index in [9.17, 15) is 8.42 Å². The van der Waals surface area contributed by atoms with Crippen LogP contribution in [0.2, 0.25) is 0 Å². The zero-order chi connectivity index (χ0) is 14.8. The average Bonchev–Trinajstić information content (AvgIpc) is 2.68. The van der Waals surface area contributed by atoms with Gasteiger partial charge >= 0.3 is 0 Å². The van der Waals surface area contributed by atoms with E-state index in [1.807, 2.05) is 0 Å². The van der Waals surface area contributed by atoms with Crippen LogP contribution in [-0.2, 0) is 16.6 Å². The van der Waals surface area contributed by atoms with Crippen molar-refractivity contribution in [1.29, 1.82) is 0 Å². The minimum Gasteiger partial charge on any atom is -0.452 e. The van der Waals surface area contributed by atoms with Crippen molar-refractivity contribution in [1.82, 2.24) is 4.72 Å². The van der Waals surface area contributed by atoms with Crippen LogP contribution >= 0.6 is 15.9 Å². The maximum absolute atomic E-state index is 12.5. The molecule has 1 aromatic heterocycles. The van der Waals surface area contributed by atoms with Gasteiger partial charge in [0.15, 0.2) is 4.67 Å². The van der Waals surface area contributed by atoms with E-state index in [0.717, 1.165) is 19.3 Å². The van der Waals surface area contributed by atoms with E-state index < -0.39 is 10.0 Å². The van der Waals surface area contributed by atoms with Crippen LogP contribution in [0.3, 0.4) is 0 Å². The molecule has 1 fully saturated rings. The Morgan fingerprint density at radius 2 is 2.10 bits per heavy atom. The van der Waals surface area contributed by atoms with E-state index in [-0.39, 0.29) is 22.2 Å². The topological polar surface area (TPSA) is 85.3 Å². The van der Waals surface area contributed by atoms with E-state index >= 15 is 0 Å². The minimum atomic E-state index is -3.58. The highest BCUT2D eigenvalue weighted by atomic mass is 79.9. The number of rotatable bonds is 4. The molecule has 0 radical (unpaired) electrons. The Hall–Kier alpha value is -0.370. The first-order valence-corrected chi connectivity index (χ1v) is 9.22. The Labute approximate surface area is 128 Å². The van der Waals surface area contributed by atoms with Crippen LogP contribution in [0.5, 0.6) is 0 Å². The average molecular weight is 365 g/mol. The molecule has 20 heavy (non-hydrogen) atoms. The van der Waals surface area contributed by atoms with Crippen molar-refractivity contribution in [2.75, 3.05) is 0 Å². The highest BCUT2D eigenvalue weighted by molar-refractivity contribution is 9.10. The summed E-state index contributed by atoms with van der Waals surface area (Å²) in [6, 6.07) is 1.47. The molecule has 1 aromatic rings. The molecule has 114 valence electrons. The molecule has 1 aliphatic carbocycles. The normalized spacial score (nSPS) is 24.6. The minimum absolute atomic E-state index is 0.00868. The van der Waals surface area contributed by atoms with Gasteiger partial charge in [-0.05, 0) is 34.7 Å². The van der Waals surface area contributed by atoms with Crippen LogP contribution < -0.4 is 10.5 Å². The lowest BCUT2D eigenvalue weighted by Crippen LogP contribution is -2.38. The summed E-state index contributed by atoms with van der Waals surface area (Å²) in [5.74, 6) is 0.804. The lowest BCUT2D eigenvalue weighted by atomic mass is 9.98. The molecule has 0 saturated heterocycles. The van der Waals surface area contributed by atoms with Crippen LogP contribution in [0, 0.1) is 5.92 Å². The lowest BCUT2D eigenvalue weighted by Gasteiger charge is -2.22. The highest BCUT2D eigenvalue weighted by Crippen LogP contribution is 2.28. The number of hydrogen-bond donors (Lipinski definition) is 2. The lowest BCUT2D eigenvalue weighted by molar-refractivity contribution is 0.399. The molecule has 0 spiro atoms. The quantitative estimate of drug-likeness (QED) is 0.804. The van der Waals surface area contributed by atoms with Gasteiger partial charge in [-0.25, -0.2) is 13.1 Å². The molecule has 0 aliphatic heterocycles. The third-order valence-corrected chi connectivity index (χ3v) is 6.21. The summed E-state index contributed by atoms with van der Waals surface area (Å²) in [7, 11) is -3.58. The second-order valence-electron chi connectivity index (χ2n) is 5.40. The maximum atomic E-state index is 12.5. The molecule has 1 saturated carbocycles. The summed E-state index contributed by atoms with van der Waals surface area (Å²) in [6.07, 6.45) is 5.37. The second-order valence-corrected chi connectivity index (χ2v) is 7.80. The number of furan rings is 1. The summed E-state index contributed by atoms with van der Waals surface area (Å²) in [4.78, 5) is 0.134. The fourth-order valence-electron chi connectivity index (χ4n) is 2.61. The molecule has 0 bridgehead atoms. The van der Waals surface area contributed by atoms with Gasteiger partial charge in [-0.3, -0.25) is 0 Å². The third-order valence-electron chi connectivity index (χ3n) is 3.87. The molecule has 0 aromatic carbocycles. The number of sulfonamides is 1. The molecule has 3 N–H and O–H groups in total. The number of nitrogens with one attached hydrogen (secondary N) is 1. The summed E-state index contributed by atoms with van der Waals surface area (Å²) < 4.78 is 33.2. The standard InChI is InChI=1S/C13H21BrN2O3S/c1-9-5-3-2-4-6-11(9)16-20(17,18)12-7-10(8-15)19-13(12)14/h7,9,11,16H,2-6,8,15H2,1H3. The predicted molar refractivity (Wildman–Crippen MR) is 80.7 cm³/mol. The first-order chi connectivity index (χ1) is 9.44. The predicted octanol–water partition coefficient (Wildman–Crippen LogP) is 2.75. The van der Waals surface area contributed by atoms with Gasteiger partial charge in [-0.2, -0.15) is 0 Å². The van der Waals surface area contributed by atoms with Gasteiger partial charge in [0.05, 0.1) is 6.54 Å². The molecule has 5 nitrogen and oxygen atoms in total. The summed E-state index contributed by atoms with van der Waals surface area (Å²) in [5, 5.41) is 0. The summed E-state index contributed by atoms with van der Waals surface area (Å²) in [6.45, 7) is 2.28. The van der Waals surface area contributed by atoms with Gasteiger partial charge in [-0.15, -0.1) is 0 Å². The summed E-state index contributed by atoms with van der Waals surface area (Å²) >= 11 is 3.15. The van der Waals surface area contributed by atoms with E-state index in [1.54, 1.807) is 0 Å². The fraction of sp³-hybridized carbons (Fsp3) is 0.692. The van der Waals surface area contributed by atoms with Crippen molar-refractivity contribution in [2.24, 2.45) is 11.7 Å². The van der Waals surface area contributed by atoms with Crippen molar-refractivity contribution in [3.63, 3.8) is 0 Å². The number of nitrogens with two attached hydrogens (primary N) is 1. The van der Waals surface area contributed by atoms with Crippen molar-refractivity contribution >= 4 is 26.0 Å². The van der Waals surface area contributed by atoms with E-state index in [2.05, 4.69) is 27.6 Å². The van der Waals surface area contributed by atoms with Crippen LogP contribution in [0.15, 0.2) is 20.0 Å². The molecule has 1 heterocycles. The maximum Gasteiger partial charge on any atom is 0.245 e. The molecule has 2 unspecified atom stereocenters. The van der Waals surface area contributed by atoms with Crippen molar-refractivity contribution in [3.8, 4) is 0 Å². The van der Waals surface area contributed by atoms with Gasteiger partial charge in [-0.1, -0.05) is 26.2 Å². The molecule has 1 aliphatic rings. The van der Waals surface area contributed by atoms with Crippen molar-refractivity contribution in [2.45, 2.75) is 56.5 Å². The zero-order valence-corrected chi connectivity index (χ0v) is 14.0. The highest BCUT2D eigenvalue weighted by Gasteiger charge is 2.28. The van der Waals surface area contributed by atoms with Gasteiger partial charge in [0.2, 0.25) is 10.0 Å². The van der Waals surface area contributed by atoms with Crippen molar-refractivity contribution < 1.29 is 12.8 Å². The number of halogens is 1. The largest absolute Gasteiger partial charge is 0.452 e. The first kappa shape index (κ1) is 16.0. The van der Waals surface area contributed by atoms with Crippen LogP contribution in [0.25, 0.3) is 0 Å². The van der Waals surface area contributed by atoms with Gasteiger partial charge < -0.3 is 10.2 Å². The smallest absolute Gasteiger partial charge is 0.245 e. The zero-order valence-electron chi connectivity index (χ0n) is 11.6. The Kier molecular flexibility index (Phi) is 5.28. The monoisotopic (exact) mass is 364 g/mol. The van der Waals surface area contributed by atoms with Crippen LogP contribution in [0.4, 0.5) is 0 Å². The number of hydrogen-bond acceptors (Lipinski definition) is 4. The van der Waals surface area contributed by atoms with Gasteiger partial charge in [0, 0.05) is 12.1 Å². The van der Waals surface area contributed by atoms with Crippen LogP contribution in [0.1, 0.15) is 44.8 Å². The Bertz CT molecular complexity index is 556. The van der Waals surface area contributed by atoms with E-state index in [1.165, 1.54) is 18.9 Å². The molecule has 7 heteroatoms.